The van der Waals surface area contributed by atoms with Gasteiger partial charge in [0.05, 0.1) is 16.2 Å². The van der Waals surface area contributed by atoms with E-state index < -0.39 is 22.4 Å². The summed E-state index contributed by atoms with van der Waals surface area (Å²) in [5.41, 5.74) is -1.70. The van der Waals surface area contributed by atoms with Crippen molar-refractivity contribution in [2.75, 3.05) is 24.2 Å². The van der Waals surface area contributed by atoms with Crippen LogP contribution in [-0.4, -0.2) is 29.7 Å². The van der Waals surface area contributed by atoms with Crippen molar-refractivity contribution in [1.29, 1.82) is 0 Å². The van der Waals surface area contributed by atoms with Crippen LogP contribution in [0.3, 0.4) is 0 Å². The Labute approximate surface area is 167 Å². The molecule has 152 valence electrons. The van der Waals surface area contributed by atoms with Gasteiger partial charge in [-0.25, -0.2) is 0 Å². The lowest BCUT2D eigenvalue weighted by Crippen LogP contribution is -2.27. The minimum atomic E-state index is -4.64. The van der Waals surface area contributed by atoms with Crippen molar-refractivity contribution < 1.29 is 22.9 Å². The molecule has 0 bridgehead atoms. The molecule has 0 atom stereocenters. The number of carbonyl (C=O) groups excluding carboxylic acids is 1. The number of nitrogens with one attached hydrogen (secondary N) is 2. The normalized spacial score (nSPS) is 11.2. The maximum absolute atomic E-state index is 12.7. The summed E-state index contributed by atoms with van der Waals surface area (Å²) in [4.78, 5) is 23.1. The lowest BCUT2D eigenvalue weighted by atomic mass is 10.1. The Morgan fingerprint density at radius 3 is 2.68 bits per heavy atom. The van der Waals surface area contributed by atoms with Crippen molar-refractivity contribution in [2.45, 2.75) is 18.3 Å². The number of amides is 1. The third kappa shape index (κ3) is 7.04. The first-order chi connectivity index (χ1) is 13.3. The topological polar surface area (TPSA) is 84.3 Å². The fourth-order valence-electron chi connectivity index (χ4n) is 2.24. The molecule has 0 spiro atoms. The van der Waals surface area contributed by atoms with Gasteiger partial charge < -0.3 is 10.6 Å². The Morgan fingerprint density at radius 2 is 2.04 bits per heavy atom. The first-order valence-electron chi connectivity index (χ1n) is 8.23. The molecule has 6 nitrogen and oxygen atoms in total. The van der Waals surface area contributed by atoms with Crippen LogP contribution in [0.4, 0.5) is 24.5 Å². The van der Waals surface area contributed by atoms with Gasteiger partial charge in [0.15, 0.2) is 0 Å². The average Bonchev–Trinajstić information content (AvgIpc) is 3.14. The standard InChI is InChI=1S/C17H18F3N3O3S2/c18-17(19,20)12-4-5-14(15(9-12)23(25)26)21-6-2-7-22-16(24)11-27-10-13-3-1-8-28-13/h1,3-5,8-9,21H,2,6-7,10-11H2,(H,22,24). The number of carbonyl (C=O) groups is 1. The van der Waals surface area contributed by atoms with Gasteiger partial charge in [0, 0.05) is 29.8 Å². The van der Waals surface area contributed by atoms with E-state index in [1.165, 1.54) is 16.6 Å². The van der Waals surface area contributed by atoms with Gasteiger partial charge in [0.25, 0.3) is 5.69 Å². The van der Waals surface area contributed by atoms with Gasteiger partial charge in [-0.3, -0.25) is 14.9 Å². The number of alkyl halides is 3. The average molecular weight is 433 g/mol. The van der Waals surface area contributed by atoms with Crippen LogP contribution in [0.2, 0.25) is 0 Å². The predicted octanol–water partition coefficient (Wildman–Crippen LogP) is 4.53. The summed E-state index contributed by atoms with van der Waals surface area (Å²) in [6.45, 7) is 0.634. The highest BCUT2D eigenvalue weighted by Crippen LogP contribution is 2.34. The van der Waals surface area contributed by atoms with Crippen LogP contribution in [0.25, 0.3) is 0 Å². The lowest BCUT2D eigenvalue weighted by molar-refractivity contribution is -0.384. The van der Waals surface area contributed by atoms with E-state index in [0.29, 0.717) is 24.8 Å². The van der Waals surface area contributed by atoms with E-state index in [1.54, 1.807) is 11.3 Å². The molecule has 2 N–H and O–H groups in total. The number of anilines is 1. The number of hydrogen-bond donors (Lipinski definition) is 2. The zero-order chi connectivity index (χ0) is 20.6. The third-order valence-corrected chi connectivity index (χ3v) is 5.61. The number of hydrogen-bond acceptors (Lipinski definition) is 6. The number of halogens is 3. The Kier molecular flexibility index (Phi) is 8.12. The Hall–Kier alpha value is -2.27. The summed E-state index contributed by atoms with van der Waals surface area (Å²) in [6.07, 6.45) is -4.17. The molecule has 2 rings (SSSR count). The molecular weight excluding hydrogens is 415 g/mol. The Bertz CT molecular complexity index is 799. The van der Waals surface area contributed by atoms with Crippen LogP contribution in [-0.2, 0) is 16.7 Å². The van der Waals surface area contributed by atoms with Gasteiger partial charge in [0.2, 0.25) is 5.91 Å². The van der Waals surface area contributed by atoms with E-state index in [-0.39, 0.29) is 18.1 Å². The summed E-state index contributed by atoms with van der Waals surface area (Å²) in [6, 6.07) is 6.30. The molecule has 0 saturated carbocycles. The smallest absolute Gasteiger partial charge is 0.379 e. The number of nitro benzene ring substituents is 1. The summed E-state index contributed by atoms with van der Waals surface area (Å²) in [5.74, 6) is 0.988. The van der Waals surface area contributed by atoms with E-state index in [0.717, 1.165) is 17.9 Å². The fraction of sp³-hybridized carbons (Fsp3) is 0.353. The second kappa shape index (κ2) is 10.3. The summed E-state index contributed by atoms with van der Waals surface area (Å²) in [7, 11) is 0. The Morgan fingerprint density at radius 1 is 1.25 bits per heavy atom. The summed E-state index contributed by atoms with van der Waals surface area (Å²) in [5, 5.41) is 18.5. The van der Waals surface area contributed by atoms with Gasteiger partial charge in [-0.05, 0) is 30.0 Å². The molecule has 28 heavy (non-hydrogen) atoms. The number of benzene rings is 1. The Balaban J connectivity index is 1.71. The molecule has 1 amide bonds. The maximum atomic E-state index is 12.7. The molecule has 0 unspecified atom stereocenters. The van der Waals surface area contributed by atoms with Crippen LogP contribution < -0.4 is 10.6 Å². The van der Waals surface area contributed by atoms with Gasteiger partial charge in [0.1, 0.15) is 5.69 Å². The molecule has 1 aromatic carbocycles. The van der Waals surface area contributed by atoms with Gasteiger partial charge in [-0.1, -0.05) is 6.07 Å². The lowest BCUT2D eigenvalue weighted by Gasteiger charge is -2.11. The molecule has 0 aliphatic rings. The van der Waals surface area contributed by atoms with E-state index in [2.05, 4.69) is 10.6 Å². The molecule has 1 heterocycles. The fourth-order valence-corrected chi connectivity index (χ4v) is 3.94. The molecule has 0 fully saturated rings. The van der Waals surface area contributed by atoms with Crippen molar-refractivity contribution in [3.8, 4) is 0 Å². The van der Waals surface area contributed by atoms with Crippen molar-refractivity contribution in [2.24, 2.45) is 0 Å². The van der Waals surface area contributed by atoms with Crippen LogP contribution >= 0.6 is 23.1 Å². The number of nitro groups is 1. The van der Waals surface area contributed by atoms with Crippen LogP contribution in [0.15, 0.2) is 35.7 Å². The molecule has 11 heteroatoms. The third-order valence-electron chi connectivity index (χ3n) is 3.57. The van der Waals surface area contributed by atoms with Crippen molar-refractivity contribution in [3.63, 3.8) is 0 Å². The largest absolute Gasteiger partial charge is 0.416 e. The number of nitrogens with zero attached hydrogens (tertiary/aromatic N) is 1. The molecule has 1 aromatic heterocycles. The highest BCUT2D eigenvalue weighted by molar-refractivity contribution is 7.99. The van der Waals surface area contributed by atoms with Crippen molar-refractivity contribution in [3.05, 3.63) is 56.3 Å². The molecule has 0 aliphatic carbocycles. The monoisotopic (exact) mass is 433 g/mol. The van der Waals surface area contributed by atoms with Crippen LogP contribution in [0, 0.1) is 10.1 Å². The number of thiophene rings is 1. The molecular formula is C17H18F3N3O3S2. The molecule has 0 saturated heterocycles. The minimum absolute atomic E-state index is 0.0100. The zero-order valence-corrected chi connectivity index (χ0v) is 16.3. The van der Waals surface area contributed by atoms with E-state index in [9.17, 15) is 28.1 Å². The molecule has 2 aromatic rings. The van der Waals surface area contributed by atoms with Crippen LogP contribution in [0.5, 0.6) is 0 Å². The second-order valence-corrected chi connectivity index (χ2v) is 7.71. The van der Waals surface area contributed by atoms with Crippen molar-refractivity contribution in [1.82, 2.24) is 5.32 Å². The molecule has 0 radical (unpaired) electrons. The molecule has 0 aliphatic heterocycles. The number of rotatable bonds is 10. The van der Waals surface area contributed by atoms with Gasteiger partial charge in [-0.2, -0.15) is 13.2 Å². The highest BCUT2D eigenvalue weighted by Gasteiger charge is 2.32. The van der Waals surface area contributed by atoms with E-state index in [1.807, 2.05) is 17.5 Å². The highest BCUT2D eigenvalue weighted by atomic mass is 32.2. The quantitative estimate of drug-likeness (QED) is 0.327. The van der Waals surface area contributed by atoms with E-state index in [4.69, 9.17) is 0 Å². The maximum Gasteiger partial charge on any atom is 0.416 e. The summed E-state index contributed by atoms with van der Waals surface area (Å²) < 4.78 is 38.0. The first-order valence-corrected chi connectivity index (χ1v) is 10.3. The minimum Gasteiger partial charge on any atom is -0.379 e. The number of thioether (sulfide) groups is 1. The van der Waals surface area contributed by atoms with E-state index >= 15 is 0 Å². The predicted molar refractivity (Wildman–Crippen MR) is 105 cm³/mol. The first kappa shape index (κ1) is 22.0. The van der Waals surface area contributed by atoms with Crippen LogP contribution in [0.1, 0.15) is 16.9 Å². The second-order valence-electron chi connectivity index (χ2n) is 5.69. The SMILES string of the molecule is O=C(CSCc1cccs1)NCCCNc1ccc(C(F)(F)F)cc1[N+](=O)[O-]. The summed E-state index contributed by atoms with van der Waals surface area (Å²) >= 11 is 3.14. The van der Waals surface area contributed by atoms with Gasteiger partial charge >= 0.3 is 6.18 Å². The van der Waals surface area contributed by atoms with Gasteiger partial charge in [-0.15, -0.1) is 23.1 Å². The zero-order valence-electron chi connectivity index (χ0n) is 14.6. The van der Waals surface area contributed by atoms with Crippen molar-refractivity contribution >= 4 is 40.4 Å².